The smallest absolute Gasteiger partial charge is 0.418 e. The molecule has 3 aromatic rings. The van der Waals surface area contributed by atoms with Gasteiger partial charge in [-0.1, -0.05) is 42.5 Å². The van der Waals surface area contributed by atoms with Gasteiger partial charge in [0, 0.05) is 4.88 Å². The van der Waals surface area contributed by atoms with E-state index < -0.39 is 29.4 Å². The third-order valence-electron chi connectivity index (χ3n) is 3.89. The number of carbonyl (C=O) groups is 2. The Labute approximate surface area is 168 Å². The number of amides is 2. The fourth-order valence-electron chi connectivity index (χ4n) is 2.59. The SMILES string of the molecule is COC(=O)c1sc(-c2ccccc2)cc1NC(=O)Nc1ccccc1C(F)(F)F. The summed E-state index contributed by atoms with van der Waals surface area (Å²) in [5.41, 5.74) is -0.407. The van der Waals surface area contributed by atoms with Crippen molar-refractivity contribution >= 4 is 34.7 Å². The minimum absolute atomic E-state index is 0.130. The molecule has 2 N–H and O–H groups in total. The van der Waals surface area contributed by atoms with Crippen LogP contribution in [0.15, 0.2) is 60.7 Å². The summed E-state index contributed by atoms with van der Waals surface area (Å²) in [6, 6.07) is 14.4. The highest BCUT2D eigenvalue weighted by Gasteiger charge is 2.33. The van der Waals surface area contributed by atoms with Gasteiger partial charge in [-0.3, -0.25) is 0 Å². The monoisotopic (exact) mass is 420 g/mol. The van der Waals surface area contributed by atoms with Crippen molar-refractivity contribution in [3.8, 4) is 10.4 Å². The predicted octanol–water partition coefficient (Wildman–Crippen LogP) is 5.86. The molecular weight excluding hydrogens is 405 g/mol. The second kappa shape index (κ2) is 8.36. The molecule has 0 aliphatic rings. The van der Waals surface area contributed by atoms with Crippen LogP contribution in [0.4, 0.5) is 29.3 Å². The highest BCUT2D eigenvalue weighted by Crippen LogP contribution is 2.36. The number of hydrogen-bond acceptors (Lipinski definition) is 4. The van der Waals surface area contributed by atoms with Gasteiger partial charge in [0.2, 0.25) is 0 Å². The number of urea groups is 1. The van der Waals surface area contributed by atoms with Gasteiger partial charge in [-0.25, -0.2) is 9.59 Å². The molecule has 0 saturated carbocycles. The Kier molecular flexibility index (Phi) is 5.88. The number of alkyl halides is 3. The molecule has 0 aliphatic heterocycles. The van der Waals surface area contributed by atoms with Crippen LogP contribution in [0.3, 0.4) is 0 Å². The maximum absolute atomic E-state index is 13.1. The summed E-state index contributed by atoms with van der Waals surface area (Å²) in [6.07, 6.45) is -4.62. The maximum Gasteiger partial charge on any atom is 0.418 e. The van der Waals surface area contributed by atoms with Crippen molar-refractivity contribution in [1.29, 1.82) is 0 Å². The first-order valence-corrected chi connectivity index (χ1v) is 9.13. The molecule has 2 aromatic carbocycles. The van der Waals surface area contributed by atoms with Crippen molar-refractivity contribution in [1.82, 2.24) is 0 Å². The highest BCUT2D eigenvalue weighted by atomic mass is 32.1. The Morgan fingerprint density at radius 1 is 0.931 bits per heavy atom. The number of benzene rings is 2. The zero-order valence-electron chi connectivity index (χ0n) is 15.0. The number of carbonyl (C=O) groups excluding carboxylic acids is 2. The minimum atomic E-state index is -4.62. The molecular formula is C20H15F3N2O3S. The molecule has 1 heterocycles. The number of hydrogen-bond donors (Lipinski definition) is 2. The van der Waals surface area contributed by atoms with Gasteiger partial charge in [0.15, 0.2) is 0 Å². The van der Waals surface area contributed by atoms with E-state index in [0.717, 1.165) is 29.0 Å². The van der Waals surface area contributed by atoms with E-state index in [1.54, 1.807) is 6.07 Å². The summed E-state index contributed by atoms with van der Waals surface area (Å²) < 4.78 is 44.0. The third-order valence-corrected chi connectivity index (χ3v) is 5.05. The normalized spacial score (nSPS) is 11.0. The summed E-state index contributed by atoms with van der Waals surface area (Å²) in [5, 5.41) is 4.62. The summed E-state index contributed by atoms with van der Waals surface area (Å²) in [7, 11) is 1.20. The van der Waals surface area contributed by atoms with Crippen LogP contribution < -0.4 is 10.6 Å². The van der Waals surface area contributed by atoms with E-state index >= 15 is 0 Å². The van der Waals surface area contributed by atoms with Gasteiger partial charge < -0.3 is 15.4 Å². The van der Waals surface area contributed by atoms with E-state index in [4.69, 9.17) is 4.74 Å². The van der Waals surface area contributed by atoms with Crippen LogP contribution in [0, 0.1) is 0 Å². The lowest BCUT2D eigenvalue weighted by atomic mass is 10.1. The van der Waals surface area contributed by atoms with Crippen molar-refractivity contribution in [3.05, 3.63) is 71.1 Å². The lowest BCUT2D eigenvalue weighted by Crippen LogP contribution is -2.22. The first kappa shape index (κ1) is 20.4. The van der Waals surface area contributed by atoms with Crippen LogP contribution in [-0.2, 0) is 10.9 Å². The zero-order chi connectivity index (χ0) is 21.0. The van der Waals surface area contributed by atoms with Crippen molar-refractivity contribution in [3.63, 3.8) is 0 Å². The number of anilines is 2. The Bertz CT molecular complexity index is 1030. The van der Waals surface area contributed by atoms with Crippen LogP contribution in [-0.4, -0.2) is 19.1 Å². The Morgan fingerprint density at radius 3 is 2.21 bits per heavy atom. The molecule has 0 bridgehead atoms. The molecule has 0 atom stereocenters. The number of nitrogens with one attached hydrogen (secondary N) is 2. The van der Waals surface area contributed by atoms with Crippen molar-refractivity contribution in [2.24, 2.45) is 0 Å². The van der Waals surface area contributed by atoms with Crippen LogP contribution in [0.5, 0.6) is 0 Å². The number of esters is 1. The van der Waals surface area contributed by atoms with E-state index in [-0.39, 0.29) is 10.6 Å². The standard InChI is InChI=1S/C20H15F3N2O3S/c1-28-18(26)17-15(11-16(29-17)12-7-3-2-4-8-12)25-19(27)24-14-10-6-5-9-13(14)20(21,22)23/h2-11H,1H3,(H2,24,25,27). The number of halogens is 3. The van der Waals surface area contributed by atoms with E-state index in [9.17, 15) is 22.8 Å². The number of methoxy groups -OCH3 is 1. The Balaban J connectivity index is 1.87. The lowest BCUT2D eigenvalue weighted by molar-refractivity contribution is -0.136. The van der Waals surface area contributed by atoms with E-state index in [1.807, 2.05) is 30.3 Å². The second-order valence-corrected chi connectivity index (χ2v) is 6.89. The molecule has 0 spiro atoms. The number of ether oxygens (including phenoxy) is 1. The molecule has 5 nitrogen and oxygen atoms in total. The maximum atomic E-state index is 13.1. The van der Waals surface area contributed by atoms with Gasteiger partial charge in [0.1, 0.15) is 4.88 Å². The molecule has 2 amide bonds. The van der Waals surface area contributed by atoms with Crippen molar-refractivity contribution in [2.75, 3.05) is 17.7 Å². The van der Waals surface area contributed by atoms with Gasteiger partial charge >= 0.3 is 18.2 Å². The number of rotatable bonds is 4. The molecule has 1 aromatic heterocycles. The summed E-state index contributed by atoms with van der Waals surface area (Å²) in [6.45, 7) is 0. The quantitative estimate of drug-likeness (QED) is 0.519. The zero-order valence-corrected chi connectivity index (χ0v) is 15.9. The summed E-state index contributed by atoms with van der Waals surface area (Å²) in [5.74, 6) is -0.664. The van der Waals surface area contributed by atoms with Gasteiger partial charge in [-0.05, 0) is 23.8 Å². The first-order valence-electron chi connectivity index (χ1n) is 8.31. The lowest BCUT2D eigenvalue weighted by Gasteiger charge is -2.14. The average Bonchev–Trinajstić information content (AvgIpc) is 3.11. The molecule has 0 radical (unpaired) electrons. The molecule has 29 heavy (non-hydrogen) atoms. The molecule has 0 fully saturated rings. The third kappa shape index (κ3) is 4.75. The topological polar surface area (TPSA) is 67.4 Å². The first-order chi connectivity index (χ1) is 13.8. The van der Waals surface area contributed by atoms with E-state index in [2.05, 4.69) is 10.6 Å². The number of para-hydroxylation sites is 1. The highest BCUT2D eigenvalue weighted by molar-refractivity contribution is 7.18. The minimum Gasteiger partial charge on any atom is -0.465 e. The molecule has 0 saturated heterocycles. The fourth-order valence-corrected chi connectivity index (χ4v) is 3.63. The van der Waals surface area contributed by atoms with Gasteiger partial charge in [-0.2, -0.15) is 13.2 Å². The van der Waals surface area contributed by atoms with E-state index in [0.29, 0.717) is 4.88 Å². The largest absolute Gasteiger partial charge is 0.465 e. The van der Waals surface area contributed by atoms with Crippen LogP contribution in [0.25, 0.3) is 10.4 Å². The van der Waals surface area contributed by atoms with Gasteiger partial charge in [0.25, 0.3) is 0 Å². The summed E-state index contributed by atoms with van der Waals surface area (Å²) >= 11 is 1.10. The van der Waals surface area contributed by atoms with Crippen LogP contribution in [0.2, 0.25) is 0 Å². The predicted molar refractivity (Wildman–Crippen MR) is 105 cm³/mol. The molecule has 3 rings (SSSR count). The van der Waals surface area contributed by atoms with Gasteiger partial charge in [-0.15, -0.1) is 11.3 Å². The van der Waals surface area contributed by atoms with Crippen molar-refractivity contribution in [2.45, 2.75) is 6.18 Å². The van der Waals surface area contributed by atoms with Crippen LogP contribution >= 0.6 is 11.3 Å². The van der Waals surface area contributed by atoms with E-state index in [1.165, 1.54) is 19.2 Å². The number of thiophene rings is 1. The average molecular weight is 420 g/mol. The molecule has 0 unspecified atom stereocenters. The van der Waals surface area contributed by atoms with Crippen molar-refractivity contribution < 1.29 is 27.5 Å². The Hall–Kier alpha value is -3.33. The van der Waals surface area contributed by atoms with Crippen LogP contribution in [0.1, 0.15) is 15.2 Å². The fraction of sp³-hybridized carbons (Fsp3) is 0.100. The van der Waals surface area contributed by atoms with Gasteiger partial charge in [0.05, 0.1) is 24.0 Å². The second-order valence-electron chi connectivity index (χ2n) is 5.83. The molecule has 9 heteroatoms. The molecule has 0 aliphatic carbocycles. The Morgan fingerprint density at radius 2 is 1.55 bits per heavy atom. The molecule has 150 valence electrons. The summed E-state index contributed by atoms with van der Waals surface area (Å²) in [4.78, 5) is 25.2.